The lowest BCUT2D eigenvalue weighted by Crippen LogP contribution is -2.25. The molecule has 0 bridgehead atoms. The molecule has 6 nitrogen and oxygen atoms in total. The smallest absolute Gasteiger partial charge is 0.354 e. The summed E-state index contributed by atoms with van der Waals surface area (Å²) in [5.74, 6) is -1.36. The lowest BCUT2D eigenvalue weighted by Gasteiger charge is -1.99. The molecule has 0 unspecified atom stereocenters. The quantitative estimate of drug-likeness (QED) is 0.778. The van der Waals surface area contributed by atoms with E-state index in [1.165, 1.54) is 10.7 Å². The van der Waals surface area contributed by atoms with Gasteiger partial charge in [-0.15, -0.1) is 0 Å². The van der Waals surface area contributed by atoms with E-state index < -0.39 is 5.97 Å². The molecule has 1 aliphatic rings. The second-order valence-electron chi connectivity index (χ2n) is 3.78. The third kappa shape index (κ3) is 2.05. The van der Waals surface area contributed by atoms with E-state index in [4.69, 9.17) is 5.11 Å². The van der Waals surface area contributed by atoms with Gasteiger partial charge < -0.3 is 10.4 Å². The van der Waals surface area contributed by atoms with Crippen LogP contribution >= 0.6 is 0 Å². The molecule has 86 valence electrons. The highest BCUT2D eigenvalue weighted by Gasteiger charge is 2.26. The van der Waals surface area contributed by atoms with Crippen molar-refractivity contribution in [1.82, 2.24) is 15.1 Å². The van der Waals surface area contributed by atoms with E-state index in [0.29, 0.717) is 6.54 Å². The van der Waals surface area contributed by atoms with Crippen LogP contribution < -0.4 is 5.32 Å². The summed E-state index contributed by atoms with van der Waals surface area (Å²) in [4.78, 5) is 22.5. The minimum Gasteiger partial charge on any atom is -0.477 e. The summed E-state index contributed by atoms with van der Waals surface area (Å²) >= 11 is 0. The fourth-order valence-corrected chi connectivity index (χ4v) is 1.43. The van der Waals surface area contributed by atoms with Gasteiger partial charge in [0, 0.05) is 18.7 Å². The number of carbonyl (C=O) groups excluding carboxylic acids is 1. The zero-order valence-corrected chi connectivity index (χ0v) is 8.93. The SMILES string of the molecule is CCn1nc(C(=O)NC2CC2)cc1C(=O)O. The molecule has 1 aromatic rings. The van der Waals surface area contributed by atoms with Gasteiger partial charge in [-0.1, -0.05) is 0 Å². The molecule has 0 spiro atoms. The van der Waals surface area contributed by atoms with Crippen LogP contribution in [0.4, 0.5) is 0 Å². The Kier molecular flexibility index (Phi) is 2.64. The third-order valence-corrected chi connectivity index (χ3v) is 2.44. The standard InChI is InChI=1S/C10H13N3O3/c1-2-13-8(10(15)16)5-7(12-13)9(14)11-6-3-4-6/h5-6H,2-4H2,1H3,(H,11,14)(H,15,16). The van der Waals surface area contributed by atoms with Gasteiger partial charge in [0.25, 0.3) is 5.91 Å². The topological polar surface area (TPSA) is 84.2 Å². The van der Waals surface area contributed by atoms with E-state index in [2.05, 4.69) is 10.4 Å². The summed E-state index contributed by atoms with van der Waals surface area (Å²) in [5.41, 5.74) is 0.217. The van der Waals surface area contributed by atoms with E-state index in [1.807, 2.05) is 0 Å². The maximum atomic E-state index is 11.6. The van der Waals surface area contributed by atoms with Crippen molar-refractivity contribution < 1.29 is 14.7 Å². The van der Waals surface area contributed by atoms with Crippen LogP contribution in [0, 0.1) is 0 Å². The van der Waals surface area contributed by atoms with Crippen molar-refractivity contribution in [2.45, 2.75) is 32.4 Å². The summed E-state index contributed by atoms with van der Waals surface area (Å²) in [6.07, 6.45) is 1.98. The highest BCUT2D eigenvalue weighted by molar-refractivity contribution is 5.95. The van der Waals surface area contributed by atoms with Crippen LogP contribution in [0.2, 0.25) is 0 Å². The molecule has 1 saturated carbocycles. The Morgan fingerprint density at radius 2 is 2.31 bits per heavy atom. The predicted octanol–water partition coefficient (Wildman–Crippen LogP) is 0.493. The average molecular weight is 223 g/mol. The van der Waals surface area contributed by atoms with Gasteiger partial charge in [0.05, 0.1) is 0 Å². The van der Waals surface area contributed by atoms with Crippen LogP contribution in [0.1, 0.15) is 40.7 Å². The van der Waals surface area contributed by atoms with Crippen LogP contribution in [0.15, 0.2) is 6.07 Å². The number of nitrogens with zero attached hydrogens (tertiary/aromatic N) is 2. The van der Waals surface area contributed by atoms with Crippen LogP contribution in [-0.4, -0.2) is 32.8 Å². The predicted molar refractivity (Wildman–Crippen MR) is 55.3 cm³/mol. The maximum absolute atomic E-state index is 11.6. The largest absolute Gasteiger partial charge is 0.477 e. The summed E-state index contributed by atoms with van der Waals surface area (Å²) in [6.45, 7) is 2.21. The number of carboxylic acids is 1. The van der Waals surface area contributed by atoms with Crippen molar-refractivity contribution in [3.63, 3.8) is 0 Å². The zero-order chi connectivity index (χ0) is 11.7. The summed E-state index contributed by atoms with van der Waals surface area (Å²) in [6, 6.07) is 1.55. The fraction of sp³-hybridized carbons (Fsp3) is 0.500. The average Bonchev–Trinajstić information content (AvgIpc) is 2.94. The van der Waals surface area contributed by atoms with Crippen molar-refractivity contribution in [2.75, 3.05) is 0 Å². The first kappa shape index (κ1) is 10.7. The molecule has 2 rings (SSSR count). The van der Waals surface area contributed by atoms with Gasteiger partial charge in [-0.25, -0.2) is 4.79 Å². The molecule has 1 amide bonds. The van der Waals surface area contributed by atoms with Gasteiger partial charge in [-0.3, -0.25) is 9.48 Å². The minimum atomic E-state index is -1.07. The number of aryl methyl sites for hydroxylation is 1. The van der Waals surface area contributed by atoms with Crippen molar-refractivity contribution >= 4 is 11.9 Å². The Labute approximate surface area is 92.3 Å². The molecule has 0 aromatic carbocycles. The highest BCUT2D eigenvalue weighted by atomic mass is 16.4. The number of aromatic carboxylic acids is 1. The second kappa shape index (κ2) is 3.96. The van der Waals surface area contributed by atoms with Crippen LogP contribution in [0.25, 0.3) is 0 Å². The molecule has 0 aliphatic heterocycles. The van der Waals surface area contributed by atoms with Gasteiger partial charge >= 0.3 is 5.97 Å². The number of hydrogen-bond donors (Lipinski definition) is 2. The first-order valence-corrected chi connectivity index (χ1v) is 5.23. The lowest BCUT2D eigenvalue weighted by molar-refractivity contribution is 0.0683. The molecule has 0 saturated heterocycles. The van der Waals surface area contributed by atoms with E-state index in [-0.39, 0.29) is 23.3 Å². The maximum Gasteiger partial charge on any atom is 0.354 e. The number of amides is 1. The van der Waals surface area contributed by atoms with Crippen LogP contribution in [-0.2, 0) is 6.54 Å². The molecule has 0 radical (unpaired) electrons. The highest BCUT2D eigenvalue weighted by Crippen LogP contribution is 2.19. The summed E-state index contributed by atoms with van der Waals surface area (Å²) in [5, 5.41) is 15.6. The van der Waals surface area contributed by atoms with Gasteiger partial charge in [-0.05, 0) is 19.8 Å². The molecular weight excluding hydrogens is 210 g/mol. The molecule has 1 aliphatic carbocycles. The molecule has 6 heteroatoms. The fourth-order valence-electron chi connectivity index (χ4n) is 1.43. The molecule has 16 heavy (non-hydrogen) atoms. The number of aromatic nitrogens is 2. The van der Waals surface area contributed by atoms with Gasteiger partial charge in [0.2, 0.25) is 0 Å². The van der Waals surface area contributed by atoms with Crippen molar-refractivity contribution in [3.05, 3.63) is 17.5 Å². The number of rotatable bonds is 4. The van der Waals surface area contributed by atoms with E-state index in [9.17, 15) is 9.59 Å². The number of carbonyl (C=O) groups is 2. The normalized spacial score (nSPS) is 14.8. The summed E-state index contributed by atoms with van der Waals surface area (Å²) in [7, 11) is 0. The number of carboxylic acid groups (broad SMARTS) is 1. The van der Waals surface area contributed by atoms with Gasteiger partial charge in [0.1, 0.15) is 5.69 Å². The number of hydrogen-bond acceptors (Lipinski definition) is 3. The van der Waals surface area contributed by atoms with E-state index >= 15 is 0 Å². The van der Waals surface area contributed by atoms with Crippen molar-refractivity contribution in [2.24, 2.45) is 0 Å². The molecule has 0 atom stereocenters. The lowest BCUT2D eigenvalue weighted by atomic mass is 10.3. The molecule has 2 N–H and O–H groups in total. The molecule has 1 fully saturated rings. The van der Waals surface area contributed by atoms with Gasteiger partial charge in [0.15, 0.2) is 5.69 Å². The monoisotopic (exact) mass is 223 g/mol. The minimum absolute atomic E-state index is 0.0449. The van der Waals surface area contributed by atoms with Crippen LogP contribution in [0.5, 0.6) is 0 Å². The van der Waals surface area contributed by atoms with E-state index in [1.54, 1.807) is 6.92 Å². The van der Waals surface area contributed by atoms with Crippen molar-refractivity contribution in [3.8, 4) is 0 Å². The van der Waals surface area contributed by atoms with Crippen LogP contribution in [0.3, 0.4) is 0 Å². The summed E-state index contributed by atoms with van der Waals surface area (Å²) < 4.78 is 1.31. The van der Waals surface area contributed by atoms with Gasteiger partial charge in [-0.2, -0.15) is 5.10 Å². The van der Waals surface area contributed by atoms with Crippen molar-refractivity contribution in [1.29, 1.82) is 0 Å². The van der Waals surface area contributed by atoms with E-state index in [0.717, 1.165) is 12.8 Å². The Morgan fingerprint density at radius 3 is 2.75 bits per heavy atom. The zero-order valence-electron chi connectivity index (χ0n) is 8.93. The first-order chi connectivity index (χ1) is 7.61. The Balaban J connectivity index is 2.20. The third-order valence-electron chi connectivity index (χ3n) is 2.44. The molecular formula is C10H13N3O3. The molecule has 1 aromatic heterocycles. The second-order valence-corrected chi connectivity index (χ2v) is 3.78. The molecule has 1 heterocycles. The Hall–Kier alpha value is -1.85. The number of nitrogens with one attached hydrogen (secondary N) is 1. The first-order valence-electron chi connectivity index (χ1n) is 5.23. The Morgan fingerprint density at radius 1 is 1.62 bits per heavy atom. The Bertz CT molecular complexity index is 435.